The molecule has 0 atom stereocenters. The molecule has 0 fully saturated rings. The SMILES string of the molecule is CC1=C(C#N)c2nc(N)c(C#N)c(C)c2C1=Cc1ccc(OCC(=O)O)c(Br)c1. The normalized spacial score (nSPS) is 13.8. The molecule has 144 valence electrons. The summed E-state index contributed by atoms with van der Waals surface area (Å²) in [5.74, 6) is -0.553. The highest BCUT2D eigenvalue weighted by molar-refractivity contribution is 9.10. The van der Waals surface area contributed by atoms with Crippen molar-refractivity contribution in [2.24, 2.45) is 0 Å². The predicted octanol–water partition coefficient (Wildman–Crippen LogP) is 3.92. The number of nitriles is 2. The molecule has 1 heterocycles. The van der Waals surface area contributed by atoms with Gasteiger partial charge in [0.15, 0.2) is 6.61 Å². The minimum atomic E-state index is -1.06. The summed E-state index contributed by atoms with van der Waals surface area (Å²) in [6.45, 7) is 3.17. The number of carboxylic acids is 1. The first-order valence-corrected chi connectivity index (χ1v) is 9.25. The first-order valence-electron chi connectivity index (χ1n) is 8.46. The Kier molecular flexibility index (Phi) is 5.40. The average molecular weight is 451 g/mol. The lowest BCUT2D eigenvalue weighted by atomic mass is 9.95. The van der Waals surface area contributed by atoms with Crippen LogP contribution in [-0.2, 0) is 4.79 Å². The molecule has 3 N–H and O–H groups in total. The fourth-order valence-electron chi connectivity index (χ4n) is 3.23. The van der Waals surface area contributed by atoms with Gasteiger partial charge in [-0.3, -0.25) is 0 Å². The molecule has 0 spiro atoms. The molecule has 2 aromatic rings. The van der Waals surface area contributed by atoms with Crippen molar-refractivity contribution in [3.8, 4) is 17.9 Å². The number of nitrogens with two attached hydrogens (primary N) is 1. The zero-order valence-corrected chi connectivity index (χ0v) is 17.2. The zero-order chi connectivity index (χ0) is 21.3. The van der Waals surface area contributed by atoms with Crippen molar-refractivity contribution in [2.75, 3.05) is 12.3 Å². The third-order valence-electron chi connectivity index (χ3n) is 4.60. The number of aromatic nitrogens is 1. The van der Waals surface area contributed by atoms with E-state index >= 15 is 0 Å². The molecular weight excluding hydrogens is 436 g/mol. The van der Waals surface area contributed by atoms with Crippen molar-refractivity contribution in [1.82, 2.24) is 4.98 Å². The smallest absolute Gasteiger partial charge is 0.341 e. The number of pyridine rings is 1. The number of rotatable bonds is 4. The highest BCUT2D eigenvalue weighted by atomic mass is 79.9. The Morgan fingerprint density at radius 3 is 2.66 bits per heavy atom. The van der Waals surface area contributed by atoms with Crippen molar-refractivity contribution in [3.05, 3.63) is 56.2 Å². The number of halogens is 1. The monoisotopic (exact) mass is 450 g/mol. The molecule has 0 radical (unpaired) electrons. The van der Waals surface area contributed by atoms with Gasteiger partial charge < -0.3 is 15.6 Å². The van der Waals surface area contributed by atoms with E-state index in [1.807, 2.05) is 13.0 Å². The lowest BCUT2D eigenvalue weighted by Gasteiger charge is -2.11. The summed E-state index contributed by atoms with van der Waals surface area (Å²) in [5.41, 5.74) is 10.8. The van der Waals surface area contributed by atoms with E-state index in [0.29, 0.717) is 38.2 Å². The van der Waals surface area contributed by atoms with Crippen LogP contribution in [0.1, 0.15) is 34.9 Å². The minimum Gasteiger partial charge on any atom is -0.481 e. The van der Waals surface area contributed by atoms with Crippen LogP contribution in [0.2, 0.25) is 0 Å². The van der Waals surface area contributed by atoms with Gasteiger partial charge in [-0.2, -0.15) is 10.5 Å². The number of carboxylic acid groups (broad SMARTS) is 1. The van der Waals surface area contributed by atoms with Gasteiger partial charge in [-0.1, -0.05) is 6.07 Å². The van der Waals surface area contributed by atoms with E-state index < -0.39 is 12.6 Å². The van der Waals surface area contributed by atoms with Crippen LogP contribution < -0.4 is 10.5 Å². The molecule has 0 aliphatic heterocycles. The van der Waals surface area contributed by atoms with Crippen LogP contribution in [0.25, 0.3) is 17.2 Å². The summed E-state index contributed by atoms with van der Waals surface area (Å²) >= 11 is 3.38. The van der Waals surface area contributed by atoms with Gasteiger partial charge in [-0.25, -0.2) is 9.78 Å². The molecule has 1 aromatic heterocycles. The molecule has 1 aliphatic rings. The Balaban J connectivity index is 2.13. The number of ether oxygens (including phenoxy) is 1. The Hall–Kier alpha value is -3.62. The number of nitrogen functional groups attached to an aromatic ring is 1. The summed E-state index contributed by atoms with van der Waals surface area (Å²) in [7, 11) is 0. The minimum absolute atomic E-state index is 0.105. The number of fused-ring (bicyclic) bond motifs is 1. The average Bonchev–Trinajstić information content (AvgIpc) is 2.92. The largest absolute Gasteiger partial charge is 0.481 e. The van der Waals surface area contributed by atoms with E-state index in [0.717, 1.165) is 16.7 Å². The number of anilines is 1. The van der Waals surface area contributed by atoms with E-state index in [1.54, 1.807) is 25.1 Å². The van der Waals surface area contributed by atoms with Crippen LogP contribution in [0.4, 0.5) is 5.82 Å². The Morgan fingerprint density at radius 1 is 1.34 bits per heavy atom. The number of aliphatic carboxylic acids is 1. The van der Waals surface area contributed by atoms with Gasteiger partial charge in [0.05, 0.1) is 21.3 Å². The first kappa shape index (κ1) is 20.1. The van der Waals surface area contributed by atoms with E-state index in [1.165, 1.54) is 0 Å². The molecule has 0 amide bonds. The molecule has 1 aliphatic carbocycles. The topological polar surface area (TPSA) is 133 Å². The molecule has 0 bridgehead atoms. The van der Waals surface area contributed by atoms with E-state index in [4.69, 9.17) is 15.6 Å². The second-order valence-electron chi connectivity index (χ2n) is 6.37. The summed E-state index contributed by atoms with van der Waals surface area (Å²) in [6, 6.07) is 9.48. The van der Waals surface area contributed by atoms with E-state index in [-0.39, 0.29) is 5.82 Å². The fraction of sp³-hybridized carbons (Fsp3) is 0.143. The second-order valence-corrected chi connectivity index (χ2v) is 7.23. The molecule has 8 heteroatoms. The number of benzene rings is 1. The summed E-state index contributed by atoms with van der Waals surface area (Å²) in [5, 5.41) is 27.8. The summed E-state index contributed by atoms with van der Waals surface area (Å²) in [4.78, 5) is 15.0. The maximum Gasteiger partial charge on any atom is 0.341 e. The van der Waals surface area contributed by atoms with Crippen LogP contribution >= 0.6 is 15.9 Å². The molecule has 0 unspecified atom stereocenters. The van der Waals surface area contributed by atoms with Crippen molar-refractivity contribution >= 4 is 44.9 Å². The predicted molar refractivity (Wildman–Crippen MR) is 111 cm³/mol. The number of hydrogen-bond acceptors (Lipinski definition) is 6. The fourth-order valence-corrected chi connectivity index (χ4v) is 3.74. The number of carbonyl (C=O) groups is 1. The second kappa shape index (κ2) is 7.78. The molecule has 0 saturated heterocycles. The van der Waals surface area contributed by atoms with Crippen LogP contribution in [0.3, 0.4) is 0 Å². The zero-order valence-electron chi connectivity index (χ0n) is 15.6. The van der Waals surface area contributed by atoms with Crippen molar-refractivity contribution in [2.45, 2.75) is 13.8 Å². The maximum atomic E-state index is 10.7. The molecule has 29 heavy (non-hydrogen) atoms. The summed E-state index contributed by atoms with van der Waals surface area (Å²) in [6.07, 6.45) is 1.89. The third kappa shape index (κ3) is 3.58. The van der Waals surface area contributed by atoms with E-state index in [2.05, 4.69) is 33.1 Å². The number of hydrogen-bond donors (Lipinski definition) is 2. The quantitative estimate of drug-likeness (QED) is 0.720. The van der Waals surface area contributed by atoms with Crippen LogP contribution in [0.15, 0.2) is 28.2 Å². The number of nitrogens with zero attached hydrogens (tertiary/aromatic N) is 3. The first-order chi connectivity index (χ1) is 13.8. The van der Waals surface area contributed by atoms with Gasteiger partial charge >= 0.3 is 5.97 Å². The molecule has 0 saturated carbocycles. The van der Waals surface area contributed by atoms with Crippen molar-refractivity contribution in [3.63, 3.8) is 0 Å². The molecule has 3 rings (SSSR count). The van der Waals surface area contributed by atoms with Crippen molar-refractivity contribution < 1.29 is 14.6 Å². The van der Waals surface area contributed by atoms with Crippen LogP contribution in [-0.4, -0.2) is 22.7 Å². The molecular formula is C21H15BrN4O3. The standard InChI is InChI=1S/C21H15BrN4O3/c1-10-13(5-12-3-4-17(16(22)6-12)29-9-18(27)28)19-11(2)15(8-24)21(25)26-20(19)14(10)7-23/h3-6H,9H2,1-2H3,(H2,25,26)(H,27,28). The number of allylic oxidation sites excluding steroid dienone is 3. The van der Waals surface area contributed by atoms with E-state index in [9.17, 15) is 15.3 Å². The van der Waals surface area contributed by atoms with Gasteiger partial charge in [0, 0.05) is 5.56 Å². The van der Waals surface area contributed by atoms with Gasteiger partial charge in [0.25, 0.3) is 0 Å². The van der Waals surface area contributed by atoms with Crippen LogP contribution in [0, 0.1) is 29.6 Å². The van der Waals surface area contributed by atoms with Gasteiger partial charge in [-0.15, -0.1) is 0 Å². The van der Waals surface area contributed by atoms with Crippen LogP contribution in [0.5, 0.6) is 5.75 Å². The molecule has 7 nitrogen and oxygen atoms in total. The lowest BCUT2D eigenvalue weighted by Crippen LogP contribution is -2.09. The Labute approximate surface area is 175 Å². The van der Waals surface area contributed by atoms with Gasteiger partial charge in [0.1, 0.15) is 23.7 Å². The molecule has 1 aromatic carbocycles. The maximum absolute atomic E-state index is 10.7. The Morgan fingerprint density at radius 2 is 2.07 bits per heavy atom. The summed E-state index contributed by atoms with van der Waals surface area (Å²) < 4.78 is 5.81. The third-order valence-corrected chi connectivity index (χ3v) is 5.22. The highest BCUT2D eigenvalue weighted by Crippen LogP contribution is 2.44. The highest BCUT2D eigenvalue weighted by Gasteiger charge is 2.29. The Bertz CT molecular complexity index is 1200. The lowest BCUT2D eigenvalue weighted by molar-refractivity contribution is -0.139. The van der Waals surface area contributed by atoms with Gasteiger partial charge in [-0.05, 0) is 70.3 Å². The van der Waals surface area contributed by atoms with Gasteiger partial charge in [0.2, 0.25) is 0 Å². The van der Waals surface area contributed by atoms with Crippen molar-refractivity contribution in [1.29, 1.82) is 10.5 Å².